The summed E-state index contributed by atoms with van der Waals surface area (Å²) >= 11 is 0. The maximum Gasteiger partial charge on any atom is 0.319 e. The van der Waals surface area contributed by atoms with Crippen LogP contribution in [0.25, 0.3) is 10.9 Å². The second kappa shape index (κ2) is 7.49. The molecule has 140 valence electrons. The topological polar surface area (TPSA) is 88.1 Å². The van der Waals surface area contributed by atoms with Gasteiger partial charge in [-0.2, -0.15) is 5.10 Å². The second-order valence-electron chi connectivity index (χ2n) is 6.56. The number of nitrogens with one attached hydrogen (secondary N) is 3. The first-order chi connectivity index (χ1) is 12.8. The quantitative estimate of drug-likeness (QED) is 0.661. The van der Waals surface area contributed by atoms with Crippen molar-refractivity contribution in [2.75, 3.05) is 10.6 Å². The number of carbonyl (C=O) groups is 2. The molecule has 0 saturated carbocycles. The van der Waals surface area contributed by atoms with Gasteiger partial charge in [0.05, 0.1) is 17.8 Å². The van der Waals surface area contributed by atoms with Crippen LogP contribution in [0.5, 0.6) is 0 Å². The van der Waals surface area contributed by atoms with Crippen molar-refractivity contribution in [1.82, 2.24) is 15.1 Å². The Hall–Kier alpha value is -3.35. The predicted octanol–water partition coefficient (Wildman–Crippen LogP) is 3.47. The fraction of sp³-hybridized carbons (Fsp3) is 0.250. The molecule has 0 aliphatic heterocycles. The van der Waals surface area contributed by atoms with E-state index in [2.05, 4.69) is 21.0 Å². The zero-order valence-electron chi connectivity index (χ0n) is 15.9. The Morgan fingerprint density at radius 3 is 2.41 bits per heavy atom. The molecule has 7 nitrogen and oxygen atoms in total. The Kier molecular flexibility index (Phi) is 5.12. The first-order valence-corrected chi connectivity index (χ1v) is 8.69. The highest BCUT2D eigenvalue weighted by atomic mass is 16.2. The Morgan fingerprint density at radius 2 is 1.74 bits per heavy atom. The Morgan fingerprint density at radius 1 is 1.07 bits per heavy atom. The van der Waals surface area contributed by atoms with Gasteiger partial charge in [-0.1, -0.05) is 18.2 Å². The lowest BCUT2D eigenvalue weighted by atomic mass is 10.1. The average molecular weight is 365 g/mol. The maximum absolute atomic E-state index is 12.3. The van der Waals surface area contributed by atoms with Gasteiger partial charge in [0.15, 0.2) is 0 Å². The van der Waals surface area contributed by atoms with Gasteiger partial charge >= 0.3 is 6.03 Å². The van der Waals surface area contributed by atoms with Crippen LogP contribution in [0.2, 0.25) is 0 Å². The third-order valence-electron chi connectivity index (χ3n) is 4.34. The van der Waals surface area contributed by atoms with Crippen LogP contribution in [-0.4, -0.2) is 21.7 Å². The van der Waals surface area contributed by atoms with Gasteiger partial charge in [-0.05, 0) is 43.2 Å². The minimum Gasteiger partial charge on any atom is -0.332 e. The highest BCUT2D eigenvalue weighted by molar-refractivity contribution is 5.93. The van der Waals surface area contributed by atoms with Gasteiger partial charge in [0.2, 0.25) is 5.91 Å². The molecule has 0 bridgehead atoms. The number of aryl methyl sites for hydroxylation is 3. The second-order valence-corrected chi connectivity index (χ2v) is 6.56. The molecule has 0 fully saturated rings. The number of anilines is 2. The van der Waals surface area contributed by atoms with E-state index in [1.807, 2.05) is 57.3 Å². The molecule has 0 saturated heterocycles. The number of aromatic nitrogens is 2. The summed E-state index contributed by atoms with van der Waals surface area (Å²) in [7, 11) is 1.88. The van der Waals surface area contributed by atoms with Crippen LogP contribution in [0.4, 0.5) is 16.2 Å². The summed E-state index contributed by atoms with van der Waals surface area (Å²) in [4.78, 5) is 23.6. The Balaban J connectivity index is 1.68. The summed E-state index contributed by atoms with van der Waals surface area (Å²) in [6.45, 7) is 5.58. The molecule has 0 spiro atoms. The number of para-hydroxylation sites is 1. The number of rotatable bonds is 4. The number of hydrogen-bond acceptors (Lipinski definition) is 3. The largest absolute Gasteiger partial charge is 0.332 e. The number of amides is 3. The summed E-state index contributed by atoms with van der Waals surface area (Å²) < 4.78 is 1.80. The monoisotopic (exact) mass is 365 g/mol. The molecule has 1 heterocycles. The lowest BCUT2D eigenvalue weighted by molar-refractivity contribution is -0.114. The van der Waals surface area contributed by atoms with Gasteiger partial charge in [0.25, 0.3) is 0 Å². The first kappa shape index (κ1) is 18.4. The van der Waals surface area contributed by atoms with Crippen LogP contribution in [0.3, 0.4) is 0 Å². The van der Waals surface area contributed by atoms with Gasteiger partial charge in [-0.25, -0.2) is 4.79 Å². The van der Waals surface area contributed by atoms with Crippen LogP contribution in [0.1, 0.15) is 23.7 Å². The van der Waals surface area contributed by atoms with Crippen molar-refractivity contribution >= 4 is 34.2 Å². The van der Waals surface area contributed by atoms with Crippen LogP contribution in [0.15, 0.2) is 36.4 Å². The zero-order chi connectivity index (χ0) is 19.6. The van der Waals surface area contributed by atoms with Gasteiger partial charge in [-0.3, -0.25) is 9.48 Å². The van der Waals surface area contributed by atoms with Crippen LogP contribution in [0, 0.1) is 13.8 Å². The number of nitrogens with zero attached hydrogens (tertiary/aromatic N) is 2. The van der Waals surface area contributed by atoms with E-state index in [1.54, 1.807) is 4.68 Å². The van der Waals surface area contributed by atoms with E-state index < -0.39 is 0 Å². The molecular weight excluding hydrogens is 342 g/mol. The molecule has 3 amide bonds. The van der Waals surface area contributed by atoms with Gasteiger partial charge in [0.1, 0.15) is 0 Å². The van der Waals surface area contributed by atoms with E-state index in [-0.39, 0.29) is 11.9 Å². The summed E-state index contributed by atoms with van der Waals surface area (Å²) in [6, 6.07) is 11.2. The van der Waals surface area contributed by atoms with Crippen LogP contribution >= 0.6 is 0 Å². The molecule has 1 aromatic heterocycles. The highest BCUT2D eigenvalue weighted by Gasteiger charge is 2.11. The average Bonchev–Trinajstić information content (AvgIpc) is 2.93. The van der Waals surface area contributed by atoms with Crippen molar-refractivity contribution in [2.45, 2.75) is 27.3 Å². The van der Waals surface area contributed by atoms with Crippen LogP contribution in [-0.2, 0) is 18.4 Å². The summed E-state index contributed by atoms with van der Waals surface area (Å²) in [6.07, 6.45) is 0. The molecule has 0 aliphatic rings. The Labute approximate surface area is 157 Å². The molecule has 2 aromatic carbocycles. The van der Waals surface area contributed by atoms with Crippen molar-refractivity contribution in [2.24, 2.45) is 7.05 Å². The molecule has 0 unspecified atom stereocenters. The normalized spacial score (nSPS) is 10.7. The van der Waals surface area contributed by atoms with Crippen molar-refractivity contribution in [3.8, 4) is 0 Å². The van der Waals surface area contributed by atoms with E-state index >= 15 is 0 Å². The number of fused-ring (bicyclic) bond motifs is 1. The molecule has 3 aromatic rings. The number of benzene rings is 2. The fourth-order valence-electron chi connectivity index (χ4n) is 3.17. The molecule has 27 heavy (non-hydrogen) atoms. The summed E-state index contributed by atoms with van der Waals surface area (Å²) in [5, 5.41) is 14.0. The van der Waals surface area contributed by atoms with Crippen molar-refractivity contribution in [3.05, 3.63) is 53.2 Å². The smallest absolute Gasteiger partial charge is 0.319 e. The Bertz CT molecular complexity index is 999. The SMILES string of the molecule is CC(=O)Nc1c(C)cc(NC(=O)NCc2nn(C)c3ccccc23)cc1C. The van der Waals surface area contributed by atoms with E-state index in [1.165, 1.54) is 6.92 Å². The highest BCUT2D eigenvalue weighted by Crippen LogP contribution is 2.25. The van der Waals surface area contributed by atoms with E-state index in [0.29, 0.717) is 12.2 Å². The minimum atomic E-state index is -0.309. The number of carbonyl (C=O) groups excluding carboxylic acids is 2. The van der Waals surface area contributed by atoms with Gasteiger partial charge in [-0.15, -0.1) is 0 Å². The minimum absolute atomic E-state index is 0.123. The van der Waals surface area contributed by atoms with Crippen molar-refractivity contribution in [1.29, 1.82) is 0 Å². The van der Waals surface area contributed by atoms with E-state index in [9.17, 15) is 9.59 Å². The lowest BCUT2D eigenvalue weighted by Crippen LogP contribution is -2.28. The third-order valence-corrected chi connectivity index (χ3v) is 4.34. The maximum atomic E-state index is 12.3. The van der Waals surface area contributed by atoms with Gasteiger partial charge in [0, 0.05) is 30.7 Å². The van der Waals surface area contributed by atoms with Crippen molar-refractivity contribution in [3.63, 3.8) is 0 Å². The molecule has 0 atom stereocenters. The molecule has 3 rings (SSSR count). The lowest BCUT2D eigenvalue weighted by Gasteiger charge is -2.14. The zero-order valence-corrected chi connectivity index (χ0v) is 15.9. The van der Waals surface area contributed by atoms with Gasteiger partial charge < -0.3 is 16.0 Å². The molecule has 0 aliphatic carbocycles. The summed E-state index contributed by atoms with van der Waals surface area (Å²) in [5.41, 5.74) is 5.05. The standard InChI is InChI=1S/C20H23N5O2/c1-12-9-15(10-13(2)19(12)22-14(3)26)23-20(27)21-11-17-16-7-5-6-8-18(16)25(4)24-17/h5-10H,11H2,1-4H3,(H,22,26)(H2,21,23,27). The summed E-state index contributed by atoms with van der Waals surface area (Å²) in [5.74, 6) is -0.123. The molecule has 0 radical (unpaired) electrons. The van der Waals surface area contributed by atoms with Crippen molar-refractivity contribution < 1.29 is 9.59 Å². The molecule has 7 heteroatoms. The first-order valence-electron chi connectivity index (χ1n) is 8.69. The number of urea groups is 1. The molecular formula is C20H23N5O2. The number of hydrogen-bond donors (Lipinski definition) is 3. The van der Waals surface area contributed by atoms with Crippen LogP contribution < -0.4 is 16.0 Å². The predicted molar refractivity (Wildman–Crippen MR) is 107 cm³/mol. The van der Waals surface area contributed by atoms with E-state index in [0.717, 1.165) is 33.4 Å². The fourth-order valence-corrected chi connectivity index (χ4v) is 3.17. The third kappa shape index (κ3) is 4.08. The van der Waals surface area contributed by atoms with E-state index in [4.69, 9.17) is 0 Å². The molecule has 3 N–H and O–H groups in total.